The van der Waals surface area contributed by atoms with Crippen LogP contribution in [0.4, 0.5) is 4.79 Å². The maximum atomic E-state index is 13.3. The number of hydrogen-bond donors (Lipinski definition) is 0. The van der Waals surface area contributed by atoms with Crippen molar-refractivity contribution in [2.75, 3.05) is 13.2 Å². The molecule has 2 amide bonds. The summed E-state index contributed by atoms with van der Waals surface area (Å²) in [6.07, 6.45) is -1.16. The lowest BCUT2D eigenvalue weighted by atomic mass is 10.2. The zero-order valence-electron chi connectivity index (χ0n) is 21.3. The van der Waals surface area contributed by atoms with Gasteiger partial charge in [-0.2, -0.15) is 0 Å². The number of hydrogen-bond acceptors (Lipinski definition) is 9. The number of imide groups is 1. The van der Waals surface area contributed by atoms with Gasteiger partial charge in [-0.1, -0.05) is 56.5 Å². The lowest BCUT2D eigenvalue weighted by molar-refractivity contribution is -0.177. The Labute approximate surface area is 208 Å². The summed E-state index contributed by atoms with van der Waals surface area (Å²) in [4.78, 5) is 39.4. The van der Waals surface area contributed by atoms with Crippen molar-refractivity contribution >= 4 is 41.9 Å². The average Bonchev–Trinajstić information content (AvgIpc) is 3.03. The standard InChI is InChI=1S/C22H36NO9PSi2/c1-34(2,3)15-13-29-33(27,30-14-16-35(4,5)6)32-19-9-7-18(8-10-19)17-28-22(26)31-23-20(24)11-12-21(23)25/h7-10H,11-17H2,1-6H3. The van der Waals surface area contributed by atoms with E-state index in [2.05, 4.69) is 44.1 Å². The van der Waals surface area contributed by atoms with E-state index in [0.717, 1.165) is 12.1 Å². The molecule has 13 heteroatoms. The van der Waals surface area contributed by atoms with Gasteiger partial charge in [-0.3, -0.25) is 23.5 Å². The van der Waals surface area contributed by atoms with Gasteiger partial charge >= 0.3 is 14.0 Å². The second-order valence-corrected chi connectivity index (χ2v) is 23.5. The number of amides is 2. The number of phosphoric acid groups is 1. The number of nitrogens with zero attached hydrogens (tertiary/aromatic N) is 1. The molecule has 1 aliphatic heterocycles. The summed E-state index contributed by atoms with van der Waals surface area (Å²) in [7, 11) is -6.62. The summed E-state index contributed by atoms with van der Waals surface area (Å²) in [5.41, 5.74) is 0.586. The molecule has 0 atom stereocenters. The quantitative estimate of drug-likeness (QED) is 0.135. The van der Waals surface area contributed by atoms with E-state index in [0.29, 0.717) is 10.6 Å². The predicted molar refractivity (Wildman–Crippen MR) is 135 cm³/mol. The van der Waals surface area contributed by atoms with Crippen molar-refractivity contribution in [3.63, 3.8) is 0 Å². The van der Waals surface area contributed by atoms with E-state index in [4.69, 9.17) is 18.3 Å². The highest BCUT2D eigenvalue weighted by atomic mass is 31.2. The van der Waals surface area contributed by atoms with Crippen LogP contribution in [0.5, 0.6) is 5.75 Å². The molecule has 0 bridgehead atoms. The molecule has 1 heterocycles. The van der Waals surface area contributed by atoms with Crippen molar-refractivity contribution in [1.29, 1.82) is 0 Å². The first-order valence-electron chi connectivity index (χ1n) is 11.5. The number of carbonyl (C=O) groups excluding carboxylic acids is 3. The van der Waals surface area contributed by atoms with E-state index >= 15 is 0 Å². The molecule has 1 saturated heterocycles. The minimum absolute atomic E-state index is 0.00114. The van der Waals surface area contributed by atoms with Gasteiger partial charge in [0.1, 0.15) is 12.4 Å². The van der Waals surface area contributed by atoms with Gasteiger partial charge in [-0.05, 0) is 29.8 Å². The van der Waals surface area contributed by atoms with E-state index in [1.807, 2.05) is 0 Å². The zero-order valence-corrected chi connectivity index (χ0v) is 24.2. The van der Waals surface area contributed by atoms with Crippen LogP contribution in [0.15, 0.2) is 24.3 Å². The van der Waals surface area contributed by atoms with E-state index in [-0.39, 0.29) is 38.4 Å². The third kappa shape index (κ3) is 11.1. The largest absolute Gasteiger partial charge is 0.534 e. The van der Waals surface area contributed by atoms with Crippen LogP contribution in [0.3, 0.4) is 0 Å². The second-order valence-electron chi connectivity index (χ2n) is 10.7. The Morgan fingerprint density at radius 3 is 1.83 bits per heavy atom. The summed E-state index contributed by atoms with van der Waals surface area (Å²) < 4.78 is 35.2. The number of carbonyl (C=O) groups is 3. The highest BCUT2D eigenvalue weighted by Gasteiger charge is 2.33. The normalized spacial score (nSPS) is 14.9. The van der Waals surface area contributed by atoms with Crippen LogP contribution < -0.4 is 4.52 Å². The van der Waals surface area contributed by atoms with Gasteiger partial charge < -0.3 is 9.26 Å². The Kier molecular flexibility index (Phi) is 10.3. The van der Waals surface area contributed by atoms with Gasteiger partial charge in [0.2, 0.25) is 0 Å². The lowest BCUT2D eigenvalue weighted by Crippen LogP contribution is -2.32. The molecule has 1 fully saturated rings. The van der Waals surface area contributed by atoms with Crippen molar-refractivity contribution in [1.82, 2.24) is 5.06 Å². The molecule has 35 heavy (non-hydrogen) atoms. The summed E-state index contributed by atoms with van der Waals surface area (Å²) >= 11 is 0. The fraction of sp³-hybridized carbons (Fsp3) is 0.591. The van der Waals surface area contributed by atoms with Gasteiger partial charge in [0.15, 0.2) is 0 Å². The Morgan fingerprint density at radius 2 is 1.37 bits per heavy atom. The number of hydroxylamine groups is 2. The van der Waals surface area contributed by atoms with Gasteiger partial charge in [0.25, 0.3) is 11.8 Å². The van der Waals surface area contributed by atoms with Crippen LogP contribution in [0, 0.1) is 0 Å². The maximum absolute atomic E-state index is 13.3. The SMILES string of the molecule is C[Si](C)(C)CCOP(=O)(OCC[Si](C)(C)C)Oc1ccc(COC(=O)ON2C(=O)CCC2=O)cc1. The summed E-state index contributed by atoms with van der Waals surface area (Å²) in [5, 5.41) is 0.418. The van der Waals surface area contributed by atoms with Crippen LogP contribution >= 0.6 is 7.82 Å². The number of ether oxygens (including phenoxy) is 1. The Hall–Kier alpha value is -1.99. The first-order valence-corrected chi connectivity index (χ1v) is 20.4. The average molecular weight is 546 g/mol. The first kappa shape index (κ1) is 29.2. The van der Waals surface area contributed by atoms with Crippen molar-refractivity contribution in [2.24, 2.45) is 0 Å². The molecule has 0 aromatic heterocycles. The lowest BCUT2D eigenvalue weighted by Gasteiger charge is -2.22. The summed E-state index contributed by atoms with van der Waals surface area (Å²) in [6.45, 7) is 13.6. The third-order valence-corrected chi connectivity index (χ3v) is 9.71. The number of benzene rings is 1. The number of rotatable bonds is 13. The number of phosphoric ester groups is 1. The van der Waals surface area contributed by atoms with Gasteiger partial charge in [-0.15, -0.1) is 0 Å². The minimum Gasteiger partial charge on any atom is -0.428 e. The van der Waals surface area contributed by atoms with Crippen LogP contribution in [0.2, 0.25) is 51.4 Å². The highest BCUT2D eigenvalue weighted by Crippen LogP contribution is 2.50. The molecular formula is C22H36NO9PSi2. The van der Waals surface area contributed by atoms with Crippen molar-refractivity contribution in [3.05, 3.63) is 29.8 Å². The Balaban J connectivity index is 1.93. The topological polar surface area (TPSA) is 118 Å². The van der Waals surface area contributed by atoms with E-state index in [1.165, 1.54) is 0 Å². The van der Waals surface area contributed by atoms with Gasteiger partial charge in [-0.25, -0.2) is 9.36 Å². The molecule has 0 radical (unpaired) electrons. The fourth-order valence-electron chi connectivity index (χ4n) is 2.69. The highest BCUT2D eigenvalue weighted by molar-refractivity contribution is 7.48. The van der Waals surface area contributed by atoms with Crippen LogP contribution in [0.1, 0.15) is 18.4 Å². The molecule has 196 valence electrons. The molecule has 0 N–H and O–H groups in total. The molecule has 1 aliphatic rings. The monoisotopic (exact) mass is 545 g/mol. The Bertz CT molecular complexity index is 902. The predicted octanol–water partition coefficient (Wildman–Crippen LogP) is 5.60. The van der Waals surface area contributed by atoms with Crippen LogP contribution in [-0.4, -0.2) is 52.4 Å². The Morgan fingerprint density at radius 1 is 0.886 bits per heavy atom. The van der Waals surface area contributed by atoms with Crippen LogP contribution in [-0.2, 0) is 39.4 Å². The summed E-state index contributed by atoms with van der Waals surface area (Å²) in [6, 6.07) is 7.99. The van der Waals surface area contributed by atoms with E-state index < -0.39 is 41.9 Å². The fourth-order valence-corrected chi connectivity index (χ4v) is 5.66. The van der Waals surface area contributed by atoms with E-state index in [9.17, 15) is 18.9 Å². The van der Waals surface area contributed by atoms with Gasteiger partial charge in [0.05, 0.1) is 13.2 Å². The first-order chi connectivity index (χ1) is 16.2. The molecule has 0 aliphatic carbocycles. The molecular weight excluding hydrogens is 509 g/mol. The zero-order chi connectivity index (χ0) is 26.3. The molecule has 0 saturated carbocycles. The van der Waals surface area contributed by atoms with Crippen molar-refractivity contribution < 1.29 is 42.1 Å². The molecule has 0 spiro atoms. The van der Waals surface area contributed by atoms with Crippen LogP contribution in [0.25, 0.3) is 0 Å². The van der Waals surface area contributed by atoms with Crippen molar-refractivity contribution in [2.45, 2.75) is 70.8 Å². The molecule has 1 aromatic carbocycles. The minimum atomic E-state index is -3.82. The smallest absolute Gasteiger partial charge is 0.428 e. The van der Waals surface area contributed by atoms with Gasteiger partial charge in [0, 0.05) is 29.0 Å². The second kappa shape index (κ2) is 12.3. The molecule has 1 aromatic rings. The summed E-state index contributed by atoms with van der Waals surface area (Å²) in [5.74, 6) is -0.886. The maximum Gasteiger partial charge on any atom is 0.534 e. The molecule has 2 rings (SSSR count). The van der Waals surface area contributed by atoms with Crippen molar-refractivity contribution in [3.8, 4) is 5.75 Å². The molecule has 0 unspecified atom stereocenters. The van der Waals surface area contributed by atoms with E-state index in [1.54, 1.807) is 24.3 Å². The molecule has 10 nitrogen and oxygen atoms in total. The third-order valence-electron chi connectivity index (χ3n) is 4.87.